The predicted octanol–water partition coefficient (Wildman–Crippen LogP) is 4.65. The molecule has 7 nitrogen and oxygen atoms in total. The van der Waals surface area contributed by atoms with Gasteiger partial charge in [0, 0.05) is 29.8 Å². The van der Waals surface area contributed by atoms with Crippen LogP contribution in [0.4, 0.5) is 13.2 Å². The molecule has 1 aromatic carbocycles. The number of methoxy groups -OCH3 is 1. The summed E-state index contributed by atoms with van der Waals surface area (Å²) >= 11 is 6.29. The molecule has 3 aromatic rings. The number of nitrogens with zero attached hydrogens (tertiary/aromatic N) is 3. The van der Waals surface area contributed by atoms with Gasteiger partial charge in [0.1, 0.15) is 17.0 Å². The van der Waals surface area contributed by atoms with Crippen LogP contribution in [0, 0.1) is 5.41 Å². The summed E-state index contributed by atoms with van der Waals surface area (Å²) < 4.78 is 44.3. The SMILES string of the molecule is COc1ccc(-c2nc(-c3cc(CCC(=O)C(C)(C)C(F)(F)F)ccc3Cl)[nH]c(=O)n2)cn1. The van der Waals surface area contributed by atoms with Crippen LogP contribution in [0.1, 0.15) is 25.8 Å². The van der Waals surface area contributed by atoms with Gasteiger partial charge in [0.15, 0.2) is 5.82 Å². The van der Waals surface area contributed by atoms with Gasteiger partial charge in [-0.1, -0.05) is 17.7 Å². The maximum atomic E-state index is 13.1. The molecule has 0 spiro atoms. The van der Waals surface area contributed by atoms with Crippen LogP contribution in [0.5, 0.6) is 5.88 Å². The number of Topliss-reactive ketones (excluding diaryl/α,β-unsaturated/α-hetero) is 1. The number of hydrogen-bond acceptors (Lipinski definition) is 6. The summed E-state index contributed by atoms with van der Waals surface area (Å²) in [6.45, 7) is 1.73. The van der Waals surface area contributed by atoms with Crippen molar-refractivity contribution >= 4 is 17.4 Å². The lowest BCUT2D eigenvalue weighted by atomic mass is 9.84. The first kappa shape index (κ1) is 24.4. The first-order valence-electron chi connectivity index (χ1n) is 9.80. The number of rotatable bonds is 7. The van der Waals surface area contributed by atoms with Crippen LogP contribution in [0.15, 0.2) is 41.3 Å². The van der Waals surface area contributed by atoms with E-state index in [2.05, 4.69) is 19.9 Å². The number of pyridine rings is 1. The third-order valence-electron chi connectivity index (χ3n) is 5.19. The standard InChI is InChI=1S/C22H20ClF3N4O3/c1-21(2,22(24,25)26)16(31)8-5-12-4-7-15(23)14(10-12)19-28-18(29-20(32)30-19)13-6-9-17(33-3)27-11-13/h4,6-7,9-11H,5,8H2,1-3H3,(H,28,29,30,32). The van der Waals surface area contributed by atoms with E-state index in [1.54, 1.807) is 24.3 Å². The minimum atomic E-state index is -4.64. The number of benzene rings is 1. The zero-order valence-corrected chi connectivity index (χ0v) is 18.7. The Hall–Kier alpha value is -3.27. The molecule has 0 amide bonds. The average Bonchev–Trinajstić information content (AvgIpc) is 2.77. The highest BCUT2D eigenvalue weighted by Crippen LogP contribution is 2.39. The molecule has 3 rings (SSSR count). The van der Waals surface area contributed by atoms with Crippen molar-refractivity contribution in [1.29, 1.82) is 0 Å². The molecular weight excluding hydrogens is 461 g/mol. The van der Waals surface area contributed by atoms with Gasteiger partial charge in [-0.25, -0.2) is 14.8 Å². The minimum Gasteiger partial charge on any atom is -0.481 e. The van der Waals surface area contributed by atoms with E-state index in [4.69, 9.17) is 16.3 Å². The van der Waals surface area contributed by atoms with E-state index in [9.17, 15) is 22.8 Å². The second kappa shape index (κ2) is 9.30. The normalized spacial score (nSPS) is 12.0. The Labute approximate surface area is 192 Å². The quantitative estimate of drug-likeness (QED) is 0.528. The first-order valence-corrected chi connectivity index (χ1v) is 10.2. The molecule has 0 radical (unpaired) electrons. The second-order valence-electron chi connectivity index (χ2n) is 7.78. The molecule has 0 atom stereocenters. The maximum Gasteiger partial charge on any atom is 0.400 e. The van der Waals surface area contributed by atoms with Crippen LogP contribution in [-0.4, -0.2) is 39.0 Å². The van der Waals surface area contributed by atoms with Crippen LogP contribution in [-0.2, 0) is 11.2 Å². The Morgan fingerprint density at radius 3 is 2.48 bits per heavy atom. The van der Waals surface area contributed by atoms with Gasteiger partial charge in [-0.2, -0.15) is 18.2 Å². The third-order valence-corrected chi connectivity index (χ3v) is 5.52. The van der Waals surface area contributed by atoms with Crippen molar-refractivity contribution in [2.24, 2.45) is 5.41 Å². The lowest BCUT2D eigenvalue weighted by Gasteiger charge is -2.26. The van der Waals surface area contributed by atoms with Crippen molar-refractivity contribution in [1.82, 2.24) is 19.9 Å². The maximum absolute atomic E-state index is 13.1. The zero-order valence-electron chi connectivity index (χ0n) is 18.0. The number of carbonyl (C=O) groups excluding carboxylic acids is 1. The highest BCUT2D eigenvalue weighted by molar-refractivity contribution is 6.33. The first-order chi connectivity index (χ1) is 15.4. The molecule has 11 heteroatoms. The summed E-state index contributed by atoms with van der Waals surface area (Å²) in [5, 5.41) is 0.258. The van der Waals surface area contributed by atoms with Crippen molar-refractivity contribution in [3.8, 4) is 28.7 Å². The van der Waals surface area contributed by atoms with E-state index >= 15 is 0 Å². The number of aryl methyl sites for hydroxylation is 1. The fourth-order valence-corrected chi connectivity index (χ4v) is 3.12. The Morgan fingerprint density at radius 2 is 1.88 bits per heavy atom. The number of ether oxygens (including phenoxy) is 1. The largest absolute Gasteiger partial charge is 0.481 e. The fourth-order valence-electron chi connectivity index (χ4n) is 2.91. The van der Waals surface area contributed by atoms with E-state index in [0.717, 1.165) is 13.8 Å². The topological polar surface area (TPSA) is 97.8 Å². The lowest BCUT2D eigenvalue weighted by Crippen LogP contribution is -2.39. The molecule has 0 aliphatic rings. The average molecular weight is 481 g/mol. The molecule has 0 aliphatic heterocycles. The molecule has 2 heterocycles. The van der Waals surface area contributed by atoms with E-state index in [1.807, 2.05) is 0 Å². The Bertz CT molecular complexity index is 1220. The molecule has 0 aliphatic carbocycles. The van der Waals surface area contributed by atoms with Crippen molar-refractivity contribution in [2.75, 3.05) is 7.11 Å². The smallest absolute Gasteiger partial charge is 0.400 e. The van der Waals surface area contributed by atoms with Gasteiger partial charge in [-0.15, -0.1) is 0 Å². The van der Waals surface area contributed by atoms with Crippen molar-refractivity contribution in [2.45, 2.75) is 32.9 Å². The highest BCUT2D eigenvalue weighted by atomic mass is 35.5. The van der Waals surface area contributed by atoms with Gasteiger partial charge < -0.3 is 4.74 Å². The van der Waals surface area contributed by atoms with Crippen molar-refractivity contribution in [3.63, 3.8) is 0 Å². The van der Waals surface area contributed by atoms with Gasteiger partial charge in [0.25, 0.3) is 0 Å². The number of ketones is 1. The summed E-state index contributed by atoms with van der Waals surface area (Å²) in [6.07, 6.45) is -3.43. The fraction of sp³-hybridized carbons (Fsp3) is 0.318. The van der Waals surface area contributed by atoms with E-state index < -0.39 is 23.1 Å². The summed E-state index contributed by atoms with van der Waals surface area (Å²) in [5.41, 5.74) is -1.74. The van der Waals surface area contributed by atoms with Crippen LogP contribution in [0.2, 0.25) is 5.02 Å². The Morgan fingerprint density at radius 1 is 1.15 bits per heavy atom. The molecule has 174 valence electrons. The summed E-state index contributed by atoms with van der Waals surface area (Å²) in [6, 6.07) is 7.93. The second-order valence-corrected chi connectivity index (χ2v) is 8.18. The molecule has 1 N–H and O–H groups in total. The molecule has 0 saturated heterocycles. The Kier molecular flexibility index (Phi) is 6.87. The zero-order chi connectivity index (χ0) is 24.4. The molecular formula is C22H20ClF3N4O3. The molecule has 2 aromatic heterocycles. The molecule has 0 fully saturated rings. The van der Waals surface area contributed by atoms with Gasteiger partial charge >= 0.3 is 11.9 Å². The van der Waals surface area contributed by atoms with E-state index in [1.165, 1.54) is 19.4 Å². The number of aromatic nitrogens is 4. The van der Waals surface area contributed by atoms with Crippen molar-refractivity contribution in [3.05, 3.63) is 57.6 Å². The monoisotopic (exact) mass is 480 g/mol. The molecule has 0 bridgehead atoms. The number of alkyl halides is 3. The van der Waals surface area contributed by atoms with Crippen LogP contribution >= 0.6 is 11.6 Å². The van der Waals surface area contributed by atoms with Crippen LogP contribution < -0.4 is 10.4 Å². The molecule has 33 heavy (non-hydrogen) atoms. The molecule has 0 saturated carbocycles. The number of H-pyrrole nitrogens is 1. The summed E-state index contributed by atoms with van der Waals surface area (Å²) in [4.78, 5) is 39.1. The summed E-state index contributed by atoms with van der Waals surface area (Å²) in [5.74, 6) is -0.318. The van der Waals surface area contributed by atoms with Crippen LogP contribution in [0.3, 0.4) is 0 Å². The van der Waals surface area contributed by atoms with E-state index in [0.29, 0.717) is 22.6 Å². The minimum absolute atomic E-state index is 0.0626. The lowest BCUT2D eigenvalue weighted by molar-refractivity contribution is -0.210. The number of nitrogens with one attached hydrogen (secondary N) is 1. The van der Waals surface area contributed by atoms with Gasteiger partial charge in [0.05, 0.1) is 12.1 Å². The number of carbonyl (C=O) groups is 1. The highest BCUT2D eigenvalue weighted by Gasteiger charge is 2.51. The summed E-state index contributed by atoms with van der Waals surface area (Å²) in [7, 11) is 1.47. The van der Waals surface area contributed by atoms with Gasteiger partial charge in [-0.3, -0.25) is 9.78 Å². The van der Waals surface area contributed by atoms with Crippen LogP contribution in [0.25, 0.3) is 22.8 Å². The third kappa shape index (κ3) is 5.39. The van der Waals surface area contributed by atoms with Crippen molar-refractivity contribution < 1.29 is 22.7 Å². The van der Waals surface area contributed by atoms with Gasteiger partial charge in [0.2, 0.25) is 5.88 Å². The molecule has 0 unspecified atom stereocenters. The number of halogens is 4. The number of aromatic amines is 1. The van der Waals surface area contributed by atoms with E-state index in [-0.39, 0.29) is 29.5 Å². The predicted molar refractivity (Wildman–Crippen MR) is 116 cm³/mol. The number of hydrogen-bond donors (Lipinski definition) is 1. The Balaban J connectivity index is 1.90. The van der Waals surface area contributed by atoms with Gasteiger partial charge in [-0.05, 0) is 44.0 Å².